The van der Waals surface area contributed by atoms with E-state index in [-0.39, 0.29) is 11.2 Å². The lowest BCUT2D eigenvalue weighted by molar-refractivity contribution is 0.104. The maximum absolute atomic E-state index is 12.2. The fourth-order valence-corrected chi connectivity index (χ4v) is 2.65. The minimum Gasteiger partial charge on any atom is -0.288 e. The first-order valence-corrected chi connectivity index (χ1v) is 6.91. The molecule has 2 rings (SSSR count). The highest BCUT2D eigenvalue weighted by Gasteiger charge is 2.15. The summed E-state index contributed by atoms with van der Waals surface area (Å²) in [5.41, 5.74) is 2.15. The zero-order chi connectivity index (χ0) is 13.3. The van der Waals surface area contributed by atoms with E-state index in [0.717, 1.165) is 10.4 Å². The van der Waals surface area contributed by atoms with Gasteiger partial charge >= 0.3 is 0 Å². The van der Waals surface area contributed by atoms with Gasteiger partial charge in [0, 0.05) is 10.4 Å². The molecule has 0 fully saturated rings. The largest absolute Gasteiger partial charge is 0.288 e. The summed E-state index contributed by atoms with van der Waals surface area (Å²) >= 11 is 1.55. The highest BCUT2D eigenvalue weighted by Crippen LogP contribution is 2.24. The molecule has 0 N–H and O–H groups in total. The smallest absolute Gasteiger partial charge is 0.202 e. The Morgan fingerprint density at radius 2 is 1.61 bits per heavy atom. The van der Waals surface area contributed by atoms with Crippen molar-refractivity contribution >= 4 is 17.1 Å². The molecule has 0 unspecified atom stereocenters. The molecule has 0 amide bonds. The molecule has 0 aliphatic carbocycles. The van der Waals surface area contributed by atoms with Gasteiger partial charge in [-0.05, 0) is 30.0 Å². The van der Waals surface area contributed by atoms with E-state index < -0.39 is 0 Å². The number of ketones is 1. The number of thiophene rings is 1. The molecule has 1 nitrogen and oxygen atoms in total. The Morgan fingerprint density at radius 1 is 1.00 bits per heavy atom. The van der Waals surface area contributed by atoms with Crippen LogP contribution in [-0.2, 0) is 5.41 Å². The topological polar surface area (TPSA) is 17.1 Å². The molecule has 0 saturated heterocycles. The van der Waals surface area contributed by atoms with Crippen molar-refractivity contribution in [2.24, 2.45) is 0 Å². The summed E-state index contributed by atoms with van der Waals surface area (Å²) in [6.07, 6.45) is 0. The molecule has 0 bridgehead atoms. The summed E-state index contributed by atoms with van der Waals surface area (Å²) < 4.78 is 0. The van der Waals surface area contributed by atoms with Crippen LogP contribution in [-0.4, -0.2) is 5.78 Å². The number of hydrogen-bond donors (Lipinski definition) is 0. The number of rotatable bonds is 2. The zero-order valence-corrected chi connectivity index (χ0v) is 12.1. The van der Waals surface area contributed by atoms with Crippen LogP contribution in [0.25, 0.3) is 0 Å². The van der Waals surface area contributed by atoms with Gasteiger partial charge < -0.3 is 0 Å². The molecule has 0 aliphatic heterocycles. The second-order valence-corrected chi connectivity index (χ2v) is 6.85. The standard InChI is InChI=1S/C16H18OS/c1-11-5-10-14(18-11)15(17)12-6-8-13(9-7-12)16(2,3)4/h5-10H,1-4H3. The molecular weight excluding hydrogens is 240 g/mol. The number of carbonyl (C=O) groups is 1. The molecule has 0 radical (unpaired) electrons. The Hall–Kier alpha value is -1.41. The minimum absolute atomic E-state index is 0.119. The van der Waals surface area contributed by atoms with Crippen molar-refractivity contribution in [2.45, 2.75) is 33.1 Å². The van der Waals surface area contributed by atoms with Gasteiger partial charge in [-0.25, -0.2) is 0 Å². The normalized spacial score (nSPS) is 11.6. The monoisotopic (exact) mass is 258 g/mol. The van der Waals surface area contributed by atoms with E-state index in [1.54, 1.807) is 11.3 Å². The molecule has 0 atom stereocenters. The molecule has 18 heavy (non-hydrogen) atoms. The third-order valence-corrected chi connectivity index (χ3v) is 3.98. The molecule has 1 aromatic carbocycles. The summed E-state index contributed by atoms with van der Waals surface area (Å²) in [5, 5.41) is 0. The van der Waals surface area contributed by atoms with Crippen LogP contribution in [0.3, 0.4) is 0 Å². The molecule has 0 aliphatic rings. The Balaban J connectivity index is 2.28. The van der Waals surface area contributed by atoms with E-state index in [0.29, 0.717) is 0 Å². The zero-order valence-electron chi connectivity index (χ0n) is 11.3. The second-order valence-electron chi connectivity index (χ2n) is 5.57. The van der Waals surface area contributed by atoms with Crippen LogP contribution in [0, 0.1) is 6.92 Å². The van der Waals surface area contributed by atoms with Crippen LogP contribution in [0.15, 0.2) is 36.4 Å². The second kappa shape index (κ2) is 4.69. The molecule has 0 spiro atoms. The van der Waals surface area contributed by atoms with Crippen LogP contribution < -0.4 is 0 Å². The molecule has 0 saturated carbocycles. The van der Waals surface area contributed by atoms with E-state index in [1.165, 1.54) is 10.4 Å². The Labute approximate surface area is 112 Å². The van der Waals surface area contributed by atoms with Crippen molar-refractivity contribution in [2.75, 3.05) is 0 Å². The van der Waals surface area contributed by atoms with Crippen molar-refractivity contribution in [3.63, 3.8) is 0 Å². The highest BCUT2D eigenvalue weighted by atomic mass is 32.1. The highest BCUT2D eigenvalue weighted by molar-refractivity contribution is 7.14. The summed E-state index contributed by atoms with van der Waals surface area (Å²) in [4.78, 5) is 14.2. The number of benzene rings is 1. The number of aryl methyl sites for hydroxylation is 1. The maximum atomic E-state index is 12.2. The lowest BCUT2D eigenvalue weighted by Gasteiger charge is -2.18. The average Bonchev–Trinajstić information content (AvgIpc) is 2.74. The van der Waals surface area contributed by atoms with Crippen molar-refractivity contribution in [1.29, 1.82) is 0 Å². The van der Waals surface area contributed by atoms with Gasteiger partial charge in [0.05, 0.1) is 4.88 Å². The van der Waals surface area contributed by atoms with Gasteiger partial charge in [-0.1, -0.05) is 45.0 Å². The summed E-state index contributed by atoms with van der Waals surface area (Å²) in [7, 11) is 0. The van der Waals surface area contributed by atoms with Gasteiger partial charge in [-0.2, -0.15) is 0 Å². The number of carbonyl (C=O) groups excluding carboxylic acids is 1. The van der Waals surface area contributed by atoms with Gasteiger partial charge in [0.15, 0.2) is 0 Å². The minimum atomic E-state index is 0.119. The number of hydrogen-bond acceptors (Lipinski definition) is 2. The van der Waals surface area contributed by atoms with Crippen molar-refractivity contribution in [1.82, 2.24) is 0 Å². The van der Waals surface area contributed by atoms with Gasteiger partial charge in [-0.3, -0.25) is 4.79 Å². The van der Waals surface area contributed by atoms with E-state index in [4.69, 9.17) is 0 Å². The molecule has 1 aromatic heterocycles. The SMILES string of the molecule is Cc1ccc(C(=O)c2ccc(C(C)(C)C)cc2)s1. The van der Waals surface area contributed by atoms with Crippen molar-refractivity contribution in [3.8, 4) is 0 Å². The van der Waals surface area contributed by atoms with Crippen LogP contribution in [0.4, 0.5) is 0 Å². The first-order chi connectivity index (χ1) is 8.38. The molecule has 2 heteroatoms. The van der Waals surface area contributed by atoms with Gasteiger partial charge in [0.25, 0.3) is 0 Å². The van der Waals surface area contributed by atoms with Crippen LogP contribution in [0.1, 0.15) is 46.4 Å². The predicted molar refractivity (Wildman–Crippen MR) is 77.6 cm³/mol. The molecular formula is C16H18OS. The van der Waals surface area contributed by atoms with E-state index in [9.17, 15) is 4.79 Å². The van der Waals surface area contributed by atoms with E-state index >= 15 is 0 Å². The van der Waals surface area contributed by atoms with E-state index in [1.807, 2.05) is 43.3 Å². The average molecular weight is 258 g/mol. The Kier molecular flexibility index (Phi) is 3.40. The van der Waals surface area contributed by atoms with Crippen LogP contribution >= 0.6 is 11.3 Å². The fourth-order valence-electron chi connectivity index (χ4n) is 1.82. The van der Waals surface area contributed by atoms with Gasteiger partial charge in [-0.15, -0.1) is 11.3 Å². The van der Waals surface area contributed by atoms with Gasteiger partial charge in [0.2, 0.25) is 5.78 Å². The van der Waals surface area contributed by atoms with Gasteiger partial charge in [0.1, 0.15) is 0 Å². The Bertz CT molecular complexity index is 556. The lowest BCUT2D eigenvalue weighted by atomic mass is 9.86. The van der Waals surface area contributed by atoms with Crippen molar-refractivity contribution < 1.29 is 4.79 Å². The van der Waals surface area contributed by atoms with Crippen LogP contribution in [0.2, 0.25) is 0 Å². The third-order valence-electron chi connectivity index (χ3n) is 2.98. The quantitative estimate of drug-likeness (QED) is 0.720. The van der Waals surface area contributed by atoms with E-state index in [2.05, 4.69) is 20.8 Å². The summed E-state index contributed by atoms with van der Waals surface area (Å²) in [6, 6.07) is 11.8. The lowest BCUT2D eigenvalue weighted by Crippen LogP contribution is -2.11. The third kappa shape index (κ3) is 2.70. The summed E-state index contributed by atoms with van der Waals surface area (Å²) in [5.74, 6) is 0.119. The first kappa shape index (κ1) is 13.0. The predicted octanol–water partition coefficient (Wildman–Crippen LogP) is 4.59. The first-order valence-electron chi connectivity index (χ1n) is 6.09. The van der Waals surface area contributed by atoms with Crippen molar-refractivity contribution in [3.05, 3.63) is 57.3 Å². The fraction of sp³-hybridized carbons (Fsp3) is 0.312. The maximum Gasteiger partial charge on any atom is 0.202 e. The molecule has 2 aromatic rings. The van der Waals surface area contributed by atoms with Crippen LogP contribution in [0.5, 0.6) is 0 Å². The Morgan fingerprint density at radius 3 is 2.06 bits per heavy atom. The molecule has 94 valence electrons. The summed E-state index contributed by atoms with van der Waals surface area (Å²) in [6.45, 7) is 8.54. The molecule has 1 heterocycles.